The lowest BCUT2D eigenvalue weighted by atomic mass is 9.97. The fourth-order valence-electron chi connectivity index (χ4n) is 4.37. The first-order valence-corrected chi connectivity index (χ1v) is 10.8. The molecule has 30 heavy (non-hydrogen) atoms. The minimum absolute atomic E-state index is 0.0356. The Kier molecular flexibility index (Phi) is 5.12. The molecule has 2 aromatic heterocycles. The van der Waals surface area contributed by atoms with E-state index in [1.54, 1.807) is 6.07 Å². The third-order valence-electron chi connectivity index (χ3n) is 5.88. The average molecular weight is 423 g/mol. The predicted molar refractivity (Wildman–Crippen MR) is 116 cm³/mol. The molecular weight excluding hydrogens is 400 g/mol. The van der Waals surface area contributed by atoms with E-state index >= 15 is 0 Å². The average Bonchev–Trinajstić information content (AvgIpc) is 3.37. The number of nitrogens with zero attached hydrogens (tertiary/aromatic N) is 5. The Morgan fingerprint density at radius 2 is 1.93 bits per heavy atom. The summed E-state index contributed by atoms with van der Waals surface area (Å²) in [5.74, 6) is 1.50. The third kappa shape index (κ3) is 3.65. The number of anilines is 2. The number of fused-ring (bicyclic) bond motifs is 1. The Balaban J connectivity index is 1.37. The molecule has 3 aromatic rings. The summed E-state index contributed by atoms with van der Waals surface area (Å²) in [5, 5.41) is 16.5. The highest BCUT2D eigenvalue weighted by Crippen LogP contribution is 2.32. The van der Waals surface area contributed by atoms with Crippen LogP contribution in [0.15, 0.2) is 42.5 Å². The van der Waals surface area contributed by atoms with Crippen LogP contribution in [0.4, 0.5) is 11.6 Å². The molecule has 0 unspecified atom stereocenters. The number of carbonyl (C=O) groups excluding carboxylic acids is 1. The number of hydrogen-bond acceptors (Lipinski definition) is 5. The number of aryl methyl sites for hydroxylation is 1. The van der Waals surface area contributed by atoms with Gasteiger partial charge in [0.25, 0.3) is 0 Å². The Hall–Kier alpha value is -2.93. The fraction of sp³-hybridized carbons (Fsp3) is 0.364. The zero-order chi connectivity index (χ0) is 20.5. The molecule has 1 N–H and O–H groups in total. The minimum Gasteiger partial charge on any atom is -0.354 e. The maximum absolute atomic E-state index is 13.2. The number of para-hydroxylation sites is 1. The van der Waals surface area contributed by atoms with Gasteiger partial charge in [0.05, 0.1) is 17.3 Å². The molecule has 1 atom stereocenters. The maximum Gasteiger partial charge on any atom is 0.230 e. The molecule has 8 heteroatoms. The van der Waals surface area contributed by atoms with Gasteiger partial charge >= 0.3 is 0 Å². The summed E-state index contributed by atoms with van der Waals surface area (Å²) in [4.78, 5) is 15.4. The standard InChI is InChI=1S/C22H23ClN6O/c23-19-11-12-20(26-25-19)28-13-5-6-15(14-28)22(30)24-21-17-9-4-10-18(17)27-29(21)16-7-2-1-3-8-16/h1-3,7-8,11-12,15H,4-6,9-10,13-14H2,(H,24,30)/t15-/m0/s1. The van der Waals surface area contributed by atoms with Gasteiger partial charge in [0.1, 0.15) is 5.82 Å². The quantitative estimate of drug-likeness (QED) is 0.694. The molecule has 0 spiro atoms. The summed E-state index contributed by atoms with van der Waals surface area (Å²) in [6, 6.07) is 13.6. The van der Waals surface area contributed by atoms with Crippen molar-refractivity contribution in [2.75, 3.05) is 23.3 Å². The second-order valence-corrected chi connectivity index (χ2v) is 8.25. The number of amides is 1. The van der Waals surface area contributed by atoms with Crippen LogP contribution in [0.5, 0.6) is 0 Å². The van der Waals surface area contributed by atoms with Gasteiger partial charge in [-0.1, -0.05) is 29.8 Å². The first-order chi connectivity index (χ1) is 14.7. The second kappa shape index (κ2) is 8.07. The van der Waals surface area contributed by atoms with Gasteiger partial charge in [-0.25, -0.2) is 4.68 Å². The number of halogens is 1. The van der Waals surface area contributed by atoms with Crippen LogP contribution in [0.2, 0.25) is 5.15 Å². The topological polar surface area (TPSA) is 75.9 Å². The van der Waals surface area contributed by atoms with Gasteiger partial charge in [0.2, 0.25) is 5.91 Å². The number of aromatic nitrogens is 4. The van der Waals surface area contributed by atoms with Gasteiger partial charge in [-0.3, -0.25) is 4.79 Å². The zero-order valence-corrected chi connectivity index (χ0v) is 17.3. The summed E-state index contributed by atoms with van der Waals surface area (Å²) < 4.78 is 1.88. The van der Waals surface area contributed by atoms with Crippen LogP contribution < -0.4 is 10.2 Å². The van der Waals surface area contributed by atoms with Crippen molar-refractivity contribution < 1.29 is 4.79 Å². The highest BCUT2D eigenvalue weighted by atomic mass is 35.5. The number of hydrogen-bond donors (Lipinski definition) is 1. The van der Waals surface area contributed by atoms with Crippen LogP contribution in [0.25, 0.3) is 5.69 Å². The molecule has 1 aliphatic heterocycles. The molecule has 0 bridgehead atoms. The molecule has 154 valence electrons. The van der Waals surface area contributed by atoms with Crippen LogP contribution in [-0.2, 0) is 17.6 Å². The lowest BCUT2D eigenvalue weighted by molar-refractivity contribution is -0.120. The fourth-order valence-corrected chi connectivity index (χ4v) is 4.47. The predicted octanol–water partition coefficient (Wildman–Crippen LogP) is 3.66. The largest absolute Gasteiger partial charge is 0.354 e. The Morgan fingerprint density at radius 3 is 2.73 bits per heavy atom. The van der Waals surface area contributed by atoms with Crippen LogP contribution >= 0.6 is 11.6 Å². The van der Waals surface area contributed by atoms with E-state index in [1.807, 2.05) is 41.1 Å². The van der Waals surface area contributed by atoms with Crippen molar-refractivity contribution in [3.63, 3.8) is 0 Å². The van der Waals surface area contributed by atoms with Crippen molar-refractivity contribution >= 4 is 29.1 Å². The number of nitrogens with one attached hydrogen (secondary N) is 1. The van der Waals surface area contributed by atoms with Crippen LogP contribution in [-0.4, -0.2) is 39.0 Å². The monoisotopic (exact) mass is 422 g/mol. The van der Waals surface area contributed by atoms with Crippen molar-refractivity contribution in [1.82, 2.24) is 20.0 Å². The number of carbonyl (C=O) groups is 1. The maximum atomic E-state index is 13.2. The van der Waals surface area contributed by atoms with E-state index in [4.69, 9.17) is 16.7 Å². The lowest BCUT2D eigenvalue weighted by Gasteiger charge is -2.32. The van der Waals surface area contributed by atoms with Crippen molar-refractivity contribution in [2.24, 2.45) is 5.92 Å². The number of piperidine rings is 1. The van der Waals surface area contributed by atoms with Crippen molar-refractivity contribution in [2.45, 2.75) is 32.1 Å². The van der Waals surface area contributed by atoms with E-state index in [9.17, 15) is 4.79 Å². The van der Waals surface area contributed by atoms with Gasteiger partial charge in [0, 0.05) is 18.7 Å². The number of rotatable bonds is 4. The van der Waals surface area contributed by atoms with Gasteiger partial charge in [-0.2, -0.15) is 5.10 Å². The normalized spacial score (nSPS) is 18.3. The third-order valence-corrected chi connectivity index (χ3v) is 6.09. The molecule has 3 heterocycles. The van der Waals surface area contributed by atoms with Gasteiger partial charge in [-0.05, 0) is 56.4 Å². The summed E-state index contributed by atoms with van der Waals surface area (Å²) in [6.07, 6.45) is 4.78. The van der Waals surface area contributed by atoms with Crippen molar-refractivity contribution in [3.8, 4) is 5.69 Å². The van der Waals surface area contributed by atoms with Gasteiger partial charge in [0.15, 0.2) is 11.0 Å². The van der Waals surface area contributed by atoms with Crippen LogP contribution in [0, 0.1) is 5.92 Å². The second-order valence-electron chi connectivity index (χ2n) is 7.86. The first kappa shape index (κ1) is 19.1. The van der Waals surface area contributed by atoms with Gasteiger partial charge < -0.3 is 10.2 Å². The smallest absolute Gasteiger partial charge is 0.230 e. The Bertz CT molecular complexity index is 1050. The van der Waals surface area contributed by atoms with E-state index in [-0.39, 0.29) is 11.8 Å². The van der Waals surface area contributed by atoms with E-state index < -0.39 is 0 Å². The summed E-state index contributed by atoms with van der Waals surface area (Å²) in [6.45, 7) is 1.47. The Labute approximate surface area is 180 Å². The molecule has 1 aliphatic carbocycles. The van der Waals surface area contributed by atoms with E-state index in [2.05, 4.69) is 20.4 Å². The first-order valence-electron chi connectivity index (χ1n) is 10.4. The van der Waals surface area contributed by atoms with E-state index in [0.717, 1.165) is 61.7 Å². The van der Waals surface area contributed by atoms with Crippen LogP contribution in [0.3, 0.4) is 0 Å². The van der Waals surface area contributed by atoms with E-state index in [1.165, 1.54) is 5.56 Å². The summed E-state index contributed by atoms with van der Waals surface area (Å²) in [7, 11) is 0. The molecule has 1 amide bonds. The van der Waals surface area contributed by atoms with Crippen LogP contribution in [0.1, 0.15) is 30.5 Å². The molecule has 1 fully saturated rings. The zero-order valence-electron chi connectivity index (χ0n) is 16.6. The summed E-state index contributed by atoms with van der Waals surface area (Å²) in [5.41, 5.74) is 3.23. The SMILES string of the molecule is O=C(Nc1c2c(nn1-c1ccccc1)CCC2)[C@H]1CCCN(c2ccc(Cl)nn2)C1. The molecule has 5 rings (SSSR count). The van der Waals surface area contributed by atoms with E-state index in [0.29, 0.717) is 11.7 Å². The molecule has 0 saturated carbocycles. The molecule has 1 aromatic carbocycles. The van der Waals surface area contributed by atoms with Crippen molar-refractivity contribution in [1.29, 1.82) is 0 Å². The minimum atomic E-state index is -0.118. The molecular formula is C22H23ClN6O. The molecule has 2 aliphatic rings. The number of benzene rings is 1. The highest BCUT2D eigenvalue weighted by molar-refractivity contribution is 6.29. The highest BCUT2D eigenvalue weighted by Gasteiger charge is 2.30. The van der Waals surface area contributed by atoms with Gasteiger partial charge in [-0.15, -0.1) is 10.2 Å². The molecule has 7 nitrogen and oxygen atoms in total. The molecule has 1 saturated heterocycles. The Morgan fingerprint density at radius 1 is 1.07 bits per heavy atom. The van der Waals surface area contributed by atoms with Crippen molar-refractivity contribution in [3.05, 3.63) is 58.9 Å². The lowest BCUT2D eigenvalue weighted by Crippen LogP contribution is -2.41. The molecule has 0 radical (unpaired) electrons. The summed E-state index contributed by atoms with van der Waals surface area (Å²) >= 11 is 5.86.